The molecule has 6 nitrogen and oxygen atoms in total. The Morgan fingerprint density at radius 2 is 2.29 bits per heavy atom. The van der Waals surface area contributed by atoms with Crippen LogP contribution < -0.4 is 4.74 Å². The summed E-state index contributed by atoms with van der Waals surface area (Å²) >= 11 is 5.85. The lowest BCUT2D eigenvalue weighted by molar-refractivity contribution is -0.136. The maximum Gasteiger partial charge on any atom is 0.333 e. The van der Waals surface area contributed by atoms with Crippen LogP contribution in [0, 0.1) is 5.82 Å². The maximum absolute atomic E-state index is 14.1. The molecular formula is C13H13ClFN3O3. The summed E-state index contributed by atoms with van der Waals surface area (Å²) in [5, 5.41) is 3.09. The fraction of sp³-hybridized carbons (Fsp3) is 0.308. The molecule has 1 aromatic rings. The van der Waals surface area contributed by atoms with Crippen molar-refractivity contribution in [3.8, 4) is 5.75 Å². The lowest BCUT2D eigenvalue weighted by atomic mass is 10.1. The molecule has 112 valence electrons. The van der Waals surface area contributed by atoms with Crippen LogP contribution in [-0.2, 0) is 9.53 Å². The molecule has 0 aliphatic heterocycles. The summed E-state index contributed by atoms with van der Waals surface area (Å²) in [6, 6.07) is 2.90. The lowest BCUT2D eigenvalue weighted by Crippen LogP contribution is -2.07. The van der Waals surface area contributed by atoms with Gasteiger partial charge in [-0.1, -0.05) is 16.7 Å². The molecule has 1 rings (SSSR count). The highest BCUT2D eigenvalue weighted by atomic mass is 35.5. The summed E-state index contributed by atoms with van der Waals surface area (Å²) in [6.45, 7) is 1.84. The fourth-order valence-corrected chi connectivity index (χ4v) is 1.75. The average molecular weight is 314 g/mol. The molecule has 21 heavy (non-hydrogen) atoms. The average Bonchev–Trinajstić information content (AvgIpc) is 2.49. The summed E-state index contributed by atoms with van der Waals surface area (Å²) in [6.07, 6.45) is 1.22. The van der Waals surface area contributed by atoms with E-state index in [2.05, 4.69) is 14.8 Å². The molecule has 0 unspecified atom stereocenters. The molecule has 0 saturated heterocycles. The van der Waals surface area contributed by atoms with Crippen molar-refractivity contribution in [2.75, 3.05) is 20.3 Å². The van der Waals surface area contributed by atoms with E-state index in [1.54, 1.807) is 6.92 Å². The second-order valence-electron chi connectivity index (χ2n) is 3.76. The van der Waals surface area contributed by atoms with Gasteiger partial charge in [0, 0.05) is 16.0 Å². The molecule has 0 fully saturated rings. The first-order valence-corrected chi connectivity index (χ1v) is 6.33. The van der Waals surface area contributed by atoms with Crippen LogP contribution >= 0.6 is 11.6 Å². The minimum Gasteiger partial charge on any atom is -0.492 e. The van der Waals surface area contributed by atoms with Gasteiger partial charge >= 0.3 is 5.97 Å². The molecule has 0 atom stereocenters. The van der Waals surface area contributed by atoms with Crippen molar-refractivity contribution >= 4 is 23.6 Å². The molecule has 8 heteroatoms. The third-order valence-electron chi connectivity index (χ3n) is 2.46. The summed E-state index contributed by atoms with van der Waals surface area (Å²) in [7, 11) is 1.17. The number of carbonyl (C=O) groups excluding carboxylic acids is 1. The van der Waals surface area contributed by atoms with Crippen molar-refractivity contribution in [1.82, 2.24) is 0 Å². The van der Waals surface area contributed by atoms with Gasteiger partial charge in [0.05, 0.1) is 20.3 Å². The third kappa shape index (κ3) is 4.37. The van der Waals surface area contributed by atoms with Crippen molar-refractivity contribution in [2.24, 2.45) is 5.11 Å². The van der Waals surface area contributed by atoms with Crippen molar-refractivity contribution in [3.05, 3.63) is 44.6 Å². The molecule has 0 aliphatic carbocycles. The predicted molar refractivity (Wildman–Crippen MR) is 76.6 cm³/mol. The van der Waals surface area contributed by atoms with E-state index in [4.69, 9.17) is 21.9 Å². The van der Waals surface area contributed by atoms with Gasteiger partial charge in [0.1, 0.15) is 10.8 Å². The second-order valence-corrected chi connectivity index (χ2v) is 4.14. The third-order valence-corrected chi connectivity index (χ3v) is 2.81. The Bertz CT molecular complexity index is 613. The largest absolute Gasteiger partial charge is 0.492 e. The zero-order chi connectivity index (χ0) is 15.8. The van der Waals surface area contributed by atoms with Crippen molar-refractivity contribution in [2.45, 2.75) is 6.92 Å². The van der Waals surface area contributed by atoms with Gasteiger partial charge < -0.3 is 9.47 Å². The molecule has 0 N–H and O–H groups in total. The molecule has 0 aromatic heterocycles. The number of hydrogen-bond acceptors (Lipinski definition) is 4. The smallest absolute Gasteiger partial charge is 0.333 e. The van der Waals surface area contributed by atoms with E-state index in [0.29, 0.717) is 6.61 Å². The van der Waals surface area contributed by atoms with Gasteiger partial charge in [0.2, 0.25) is 0 Å². The molecule has 0 spiro atoms. The molecule has 0 amide bonds. The number of esters is 1. The van der Waals surface area contributed by atoms with E-state index >= 15 is 0 Å². The number of carbonyl (C=O) groups is 1. The minimum absolute atomic E-state index is 0.00873. The van der Waals surface area contributed by atoms with Crippen molar-refractivity contribution in [1.29, 1.82) is 0 Å². The van der Waals surface area contributed by atoms with Crippen molar-refractivity contribution < 1.29 is 18.7 Å². The standard InChI is InChI=1S/C13H13ClFN3O3/c1-3-21-10-5-4-8(12(15)11(10)14)6-9(7-17-18-16)13(19)20-2/h4-6H,3,7H2,1-2H3/b9-6+. The van der Waals surface area contributed by atoms with Gasteiger partial charge in [-0.15, -0.1) is 0 Å². The topological polar surface area (TPSA) is 84.3 Å². The van der Waals surface area contributed by atoms with Gasteiger partial charge in [-0.05, 0) is 30.7 Å². The van der Waals surface area contributed by atoms with Crippen LogP contribution in [0.25, 0.3) is 16.5 Å². The van der Waals surface area contributed by atoms with E-state index in [9.17, 15) is 9.18 Å². The normalized spacial score (nSPS) is 10.8. The molecular weight excluding hydrogens is 301 g/mol. The Morgan fingerprint density at radius 3 is 2.86 bits per heavy atom. The number of nitrogens with zero attached hydrogens (tertiary/aromatic N) is 3. The van der Waals surface area contributed by atoms with E-state index in [0.717, 1.165) is 0 Å². The highest BCUT2D eigenvalue weighted by molar-refractivity contribution is 6.32. The number of rotatable bonds is 6. The number of benzene rings is 1. The molecule has 0 radical (unpaired) electrons. The maximum atomic E-state index is 14.1. The molecule has 0 heterocycles. The highest BCUT2D eigenvalue weighted by Crippen LogP contribution is 2.30. The van der Waals surface area contributed by atoms with E-state index in [1.807, 2.05) is 0 Å². The van der Waals surface area contributed by atoms with Crippen LogP contribution in [0.15, 0.2) is 22.8 Å². The minimum atomic E-state index is -0.732. The zero-order valence-corrected chi connectivity index (χ0v) is 12.2. The van der Waals surface area contributed by atoms with Gasteiger partial charge in [-0.2, -0.15) is 0 Å². The van der Waals surface area contributed by atoms with Crippen LogP contribution in [0.2, 0.25) is 5.02 Å². The Hall–Kier alpha value is -2.24. The number of hydrogen-bond donors (Lipinski definition) is 0. The Labute approximate surface area is 125 Å². The number of methoxy groups -OCH3 is 1. The molecule has 0 saturated carbocycles. The summed E-state index contributed by atoms with van der Waals surface area (Å²) in [5.41, 5.74) is 8.37. The first-order chi connectivity index (χ1) is 10.0. The summed E-state index contributed by atoms with van der Waals surface area (Å²) < 4.78 is 23.8. The first-order valence-electron chi connectivity index (χ1n) is 5.95. The van der Waals surface area contributed by atoms with Crippen LogP contribution in [-0.4, -0.2) is 26.2 Å². The van der Waals surface area contributed by atoms with Gasteiger partial charge in [-0.25, -0.2) is 9.18 Å². The number of halogens is 2. The second kappa shape index (κ2) is 8.14. The zero-order valence-electron chi connectivity index (χ0n) is 11.5. The Balaban J connectivity index is 3.23. The predicted octanol–water partition coefficient (Wildman–Crippen LogP) is 3.74. The van der Waals surface area contributed by atoms with E-state index in [-0.39, 0.29) is 28.5 Å². The van der Waals surface area contributed by atoms with E-state index < -0.39 is 11.8 Å². The molecule has 0 bridgehead atoms. The van der Waals surface area contributed by atoms with Crippen LogP contribution in [0.5, 0.6) is 5.75 Å². The Morgan fingerprint density at radius 1 is 1.57 bits per heavy atom. The number of ether oxygens (including phenoxy) is 2. The number of azide groups is 1. The quantitative estimate of drug-likeness (QED) is 0.263. The van der Waals surface area contributed by atoms with Crippen LogP contribution in [0.4, 0.5) is 4.39 Å². The highest BCUT2D eigenvalue weighted by Gasteiger charge is 2.14. The first kappa shape index (κ1) is 16.8. The SMILES string of the molecule is CCOc1ccc(/C=C(\CN=[N+]=[N-])C(=O)OC)c(F)c1Cl. The van der Waals surface area contributed by atoms with Gasteiger partial charge in [0.25, 0.3) is 0 Å². The molecule has 0 aliphatic rings. The van der Waals surface area contributed by atoms with Gasteiger partial charge in [-0.3, -0.25) is 0 Å². The van der Waals surface area contributed by atoms with Crippen molar-refractivity contribution in [3.63, 3.8) is 0 Å². The molecule has 1 aromatic carbocycles. The Kier molecular flexibility index (Phi) is 6.52. The lowest BCUT2D eigenvalue weighted by Gasteiger charge is -2.09. The van der Waals surface area contributed by atoms with E-state index in [1.165, 1.54) is 25.3 Å². The van der Waals surface area contributed by atoms with Crippen LogP contribution in [0.1, 0.15) is 12.5 Å². The van der Waals surface area contributed by atoms with Crippen LogP contribution in [0.3, 0.4) is 0 Å². The summed E-state index contributed by atoms with van der Waals surface area (Å²) in [4.78, 5) is 14.1. The fourth-order valence-electron chi connectivity index (χ4n) is 1.52. The summed E-state index contributed by atoms with van der Waals surface area (Å²) in [5.74, 6) is -1.24. The van der Waals surface area contributed by atoms with Gasteiger partial charge in [0.15, 0.2) is 5.82 Å². The monoisotopic (exact) mass is 313 g/mol.